The number of sulfonamides is 1. The largest absolute Gasteiger partial charge is 0.497 e. The van der Waals surface area contributed by atoms with Gasteiger partial charge >= 0.3 is 0 Å². The fourth-order valence-corrected chi connectivity index (χ4v) is 4.59. The normalized spacial score (nSPS) is 11.6. The number of aromatic nitrogens is 1. The number of benzene rings is 2. The first-order chi connectivity index (χ1) is 13.9. The molecule has 0 atom stereocenters. The van der Waals surface area contributed by atoms with E-state index in [0.29, 0.717) is 18.0 Å². The number of methoxy groups -OCH3 is 2. The zero-order valence-electron chi connectivity index (χ0n) is 17.0. The monoisotopic (exact) mass is 415 g/mol. The van der Waals surface area contributed by atoms with Gasteiger partial charge < -0.3 is 14.4 Å². The maximum atomic E-state index is 13.7. The fraction of sp³-hybridized carbons (Fsp3) is 0.286. The summed E-state index contributed by atoms with van der Waals surface area (Å²) in [5.74, 6) is 0.697. The molecule has 0 amide bonds. The molecule has 3 aromatic rings. The maximum Gasteiger partial charge on any atom is 0.268 e. The summed E-state index contributed by atoms with van der Waals surface area (Å²) in [5.41, 5.74) is 1.30. The molecule has 0 bridgehead atoms. The lowest BCUT2D eigenvalue weighted by Crippen LogP contribution is -2.37. The van der Waals surface area contributed by atoms with Crippen molar-refractivity contribution in [3.63, 3.8) is 0 Å². The Morgan fingerprint density at radius 2 is 1.72 bits per heavy atom. The molecule has 3 rings (SSSR count). The van der Waals surface area contributed by atoms with Crippen LogP contribution in [0.25, 0.3) is 10.9 Å². The molecule has 0 unspecified atom stereocenters. The van der Waals surface area contributed by atoms with Crippen LogP contribution < -0.4 is 13.8 Å². The minimum absolute atomic E-state index is 0.0475. The molecule has 0 aliphatic rings. The van der Waals surface area contributed by atoms with E-state index in [2.05, 4.69) is 4.98 Å². The number of pyridine rings is 1. The van der Waals surface area contributed by atoms with Crippen molar-refractivity contribution in [2.45, 2.75) is 4.90 Å². The molecule has 0 saturated heterocycles. The van der Waals surface area contributed by atoms with Crippen LogP contribution in [-0.4, -0.2) is 59.7 Å². The average molecular weight is 416 g/mol. The van der Waals surface area contributed by atoms with Crippen LogP contribution in [0.3, 0.4) is 0 Å². The second-order valence-electron chi connectivity index (χ2n) is 6.78. The quantitative estimate of drug-likeness (QED) is 0.563. The van der Waals surface area contributed by atoms with Crippen LogP contribution in [0.1, 0.15) is 0 Å². The molecule has 1 aromatic heterocycles. The molecule has 154 valence electrons. The molecular formula is C21H25N3O4S. The van der Waals surface area contributed by atoms with Crippen molar-refractivity contribution in [1.29, 1.82) is 0 Å². The van der Waals surface area contributed by atoms with Crippen LogP contribution in [0.5, 0.6) is 11.5 Å². The molecule has 0 saturated carbocycles. The lowest BCUT2D eigenvalue weighted by atomic mass is 10.2. The Bertz CT molecular complexity index is 1100. The first-order valence-corrected chi connectivity index (χ1v) is 10.5. The number of likely N-dealkylation sites (N-methyl/N-ethyl adjacent to an activating group) is 1. The molecular weight excluding hydrogens is 390 g/mol. The molecule has 2 aromatic carbocycles. The standard InChI is InChI=1S/C21H25N3O4S/c1-23(2)11-12-24(17-13-16-7-5-6-8-19(16)22-15-17)29(25,26)21-14-18(27-3)9-10-20(21)28-4/h5-10,13-15H,11-12H2,1-4H3. The van der Waals surface area contributed by atoms with Gasteiger partial charge in [0.15, 0.2) is 0 Å². The Hall–Kier alpha value is -2.84. The zero-order valence-corrected chi connectivity index (χ0v) is 17.8. The maximum absolute atomic E-state index is 13.7. The second-order valence-corrected chi connectivity index (χ2v) is 8.61. The number of hydrogen-bond donors (Lipinski definition) is 0. The SMILES string of the molecule is COc1ccc(OC)c(S(=O)(=O)N(CCN(C)C)c2cnc3ccccc3c2)c1. The zero-order chi connectivity index (χ0) is 21.0. The first kappa shape index (κ1) is 20.9. The predicted molar refractivity (Wildman–Crippen MR) is 114 cm³/mol. The number of ether oxygens (including phenoxy) is 2. The third-order valence-electron chi connectivity index (χ3n) is 4.55. The summed E-state index contributed by atoms with van der Waals surface area (Å²) in [6, 6.07) is 14.2. The van der Waals surface area contributed by atoms with Crippen LogP contribution >= 0.6 is 0 Å². The van der Waals surface area contributed by atoms with Crippen molar-refractivity contribution in [3.05, 3.63) is 54.7 Å². The van der Waals surface area contributed by atoms with Gasteiger partial charge in [0, 0.05) is 24.5 Å². The van der Waals surface area contributed by atoms with E-state index in [-0.39, 0.29) is 17.2 Å². The highest BCUT2D eigenvalue weighted by Gasteiger charge is 2.29. The molecule has 0 N–H and O–H groups in total. The summed E-state index contributed by atoms with van der Waals surface area (Å²) >= 11 is 0. The van der Waals surface area contributed by atoms with Crippen LogP contribution in [0.4, 0.5) is 5.69 Å². The number of nitrogens with zero attached hydrogens (tertiary/aromatic N) is 3. The van der Waals surface area contributed by atoms with Gasteiger partial charge in [-0.1, -0.05) is 18.2 Å². The summed E-state index contributed by atoms with van der Waals surface area (Å²) in [6.07, 6.45) is 1.59. The summed E-state index contributed by atoms with van der Waals surface area (Å²) in [4.78, 5) is 6.41. The third-order valence-corrected chi connectivity index (χ3v) is 6.40. The van der Waals surface area contributed by atoms with Crippen molar-refractivity contribution in [2.75, 3.05) is 45.7 Å². The smallest absolute Gasteiger partial charge is 0.268 e. The van der Waals surface area contributed by atoms with Gasteiger partial charge in [0.05, 0.1) is 31.6 Å². The highest BCUT2D eigenvalue weighted by molar-refractivity contribution is 7.93. The van der Waals surface area contributed by atoms with Crippen molar-refractivity contribution >= 4 is 26.6 Å². The third kappa shape index (κ3) is 4.44. The van der Waals surface area contributed by atoms with Crippen molar-refractivity contribution in [3.8, 4) is 11.5 Å². The van der Waals surface area contributed by atoms with E-state index in [4.69, 9.17) is 9.47 Å². The van der Waals surface area contributed by atoms with Gasteiger partial charge in [0.2, 0.25) is 0 Å². The predicted octanol–water partition coefficient (Wildman–Crippen LogP) is 3.01. The minimum atomic E-state index is -3.93. The molecule has 8 heteroatoms. The molecule has 7 nitrogen and oxygen atoms in total. The van der Waals surface area contributed by atoms with Gasteiger partial charge in [0.25, 0.3) is 10.0 Å². The number of fused-ring (bicyclic) bond motifs is 1. The Labute approximate surface area is 171 Å². The van der Waals surface area contributed by atoms with Gasteiger partial charge in [-0.15, -0.1) is 0 Å². The lowest BCUT2D eigenvalue weighted by molar-refractivity contribution is 0.391. The van der Waals surface area contributed by atoms with E-state index in [9.17, 15) is 8.42 Å². The van der Waals surface area contributed by atoms with Gasteiger partial charge in [-0.25, -0.2) is 8.42 Å². The molecule has 0 radical (unpaired) electrons. The first-order valence-electron chi connectivity index (χ1n) is 9.11. The molecule has 1 heterocycles. The summed E-state index contributed by atoms with van der Waals surface area (Å²) in [7, 11) is 2.81. The van der Waals surface area contributed by atoms with Gasteiger partial charge in [-0.05, 0) is 38.4 Å². The second kappa shape index (κ2) is 8.67. The van der Waals surface area contributed by atoms with Crippen molar-refractivity contribution < 1.29 is 17.9 Å². The van der Waals surface area contributed by atoms with Crippen molar-refractivity contribution in [2.24, 2.45) is 0 Å². The Balaban J connectivity index is 2.14. The summed E-state index contributed by atoms with van der Waals surface area (Å²) in [5, 5.41) is 0.868. The van der Waals surface area contributed by atoms with Crippen molar-refractivity contribution in [1.82, 2.24) is 9.88 Å². The van der Waals surface area contributed by atoms with E-state index >= 15 is 0 Å². The minimum Gasteiger partial charge on any atom is -0.497 e. The van der Waals surface area contributed by atoms with E-state index in [1.807, 2.05) is 49.3 Å². The van der Waals surface area contributed by atoms with E-state index in [1.54, 1.807) is 18.3 Å². The van der Waals surface area contributed by atoms with Gasteiger partial charge in [0.1, 0.15) is 16.4 Å². The average Bonchev–Trinajstić information content (AvgIpc) is 2.72. The van der Waals surface area contributed by atoms with E-state index in [1.165, 1.54) is 24.6 Å². The number of anilines is 1. The molecule has 0 aliphatic heterocycles. The highest BCUT2D eigenvalue weighted by atomic mass is 32.2. The van der Waals surface area contributed by atoms with Gasteiger partial charge in [-0.3, -0.25) is 9.29 Å². The molecule has 0 fully saturated rings. The summed E-state index contributed by atoms with van der Waals surface area (Å²) in [6.45, 7) is 0.800. The van der Waals surface area contributed by atoms with Crippen LogP contribution in [0, 0.1) is 0 Å². The summed E-state index contributed by atoms with van der Waals surface area (Å²) < 4.78 is 39.3. The Kier molecular flexibility index (Phi) is 6.24. The van der Waals surface area contributed by atoms with Crippen LogP contribution in [-0.2, 0) is 10.0 Å². The molecule has 29 heavy (non-hydrogen) atoms. The fourth-order valence-electron chi connectivity index (χ4n) is 2.98. The lowest BCUT2D eigenvalue weighted by Gasteiger charge is -2.26. The van der Waals surface area contributed by atoms with Crippen LogP contribution in [0.2, 0.25) is 0 Å². The molecule has 0 aliphatic carbocycles. The highest BCUT2D eigenvalue weighted by Crippen LogP contribution is 2.33. The topological polar surface area (TPSA) is 72.0 Å². The van der Waals surface area contributed by atoms with Crippen LogP contribution in [0.15, 0.2) is 59.6 Å². The number of rotatable bonds is 8. The molecule has 0 spiro atoms. The number of hydrogen-bond acceptors (Lipinski definition) is 6. The van der Waals surface area contributed by atoms with Gasteiger partial charge in [-0.2, -0.15) is 0 Å². The Morgan fingerprint density at radius 3 is 2.41 bits per heavy atom. The van der Waals surface area contributed by atoms with E-state index in [0.717, 1.165) is 10.9 Å². The van der Waals surface area contributed by atoms with E-state index < -0.39 is 10.0 Å². The number of para-hydroxylation sites is 1. The Morgan fingerprint density at radius 1 is 0.966 bits per heavy atom.